The van der Waals surface area contributed by atoms with E-state index in [1.807, 2.05) is 26.0 Å². The van der Waals surface area contributed by atoms with Crippen LogP contribution >= 0.6 is 11.6 Å². The van der Waals surface area contributed by atoms with Crippen molar-refractivity contribution in [3.05, 3.63) is 58.8 Å². The molecule has 0 fully saturated rings. The van der Waals surface area contributed by atoms with Crippen LogP contribution in [0.1, 0.15) is 30.0 Å². The third kappa shape index (κ3) is 3.24. The van der Waals surface area contributed by atoms with E-state index in [9.17, 15) is 4.79 Å². The highest BCUT2D eigenvalue weighted by molar-refractivity contribution is 6.33. The molecule has 6 nitrogen and oxygen atoms in total. The molecule has 1 aliphatic heterocycles. The van der Waals surface area contributed by atoms with Gasteiger partial charge in [-0.15, -0.1) is 0 Å². The molecule has 1 aliphatic rings. The first kappa shape index (κ1) is 17.4. The number of nitrogens with one attached hydrogen (secondary N) is 1. The first-order chi connectivity index (χ1) is 12.8. The normalized spacial score (nSPS) is 14.2. The van der Waals surface area contributed by atoms with Gasteiger partial charge in [-0.1, -0.05) is 35.0 Å². The van der Waals surface area contributed by atoms with Gasteiger partial charge in [0.2, 0.25) is 5.79 Å². The number of aromatic nitrogens is 1. The maximum atomic E-state index is 12.9. The maximum Gasteiger partial charge on any atom is 0.261 e. The van der Waals surface area contributed by atoms with Crippen LogP contribution in [0.4, 0.5) is 5.69 Å². The van der Waals surface area contributed by atoms with Crippen molar-refractivity contribution in [2.75, 3.05) is 5.32 Å². The highest BCUT2D eigenvalue weighted by atomic mass is 35.5. The fraction of sp³-hybridized carbons (Fsp3) is 0.200. The van der Waals surface area contributed by atoms with Gasteiger partial charge >= 0.3 is 0 Å². The molecule has 138 valence electrons. The second-order valence-electron chi connectivity index (χ2n) is 6.66. The van der Waals surface area contributed by atoms with Gasteiger partial charge in [0, 0.05) is 31.2 Å². The predicted octanol–water partition coefficient (Wildman–Crippen LogP) is 5.06. The summed E-state index contributed by atoms with van der Waals surface area (Å²) in [7, 11) is 0. The van der Waals surface area contributed by atoms with Crippen molar-refractivity contribution in [3.63, 3.8) is 0 Å². The molecule has 0 saturated carbocycles. The summed E-state index contributed by atoms with van der Waals surface area (Å²) in [4.78, 5) is 12.9. The van der Waals surface area contributed by atoms with E-state index >= 15 is 0 Å². The molecule has 1 amide bonds. The Kier molecular flexibility index (Phi) is 4.08. The molecule has 0 saturated heterocycles. The van der Waals surface area contributed by atoms with Crippen molar-refractivity contribution in [1.29, 1.82) is 0 Å². The maximum absolute atomic E-state index is 12.9. The Bertz CT molecular complexity index is 1040. The molecule has 0 bridgehead atoms. The molecule has 7 heteroatoms. The fourth-order valence-corrected chi connectivity index (χ4v) is 3.20. The van der Waals surface area contributed by atoms with Crippen molar-refractivity contribution in [2.24, 2.45) is 0 Å². The number of halogens is 1. The fourth-order valence-electron chi connectivity index (χ4n) is 2.97. The topological polar surface area (TPSA) is 73.6 Å². The summed E-state index contributed by atoms with van der Waals surface area (Å²) in [6.07, 6.45) is 0. The number of aryl methyl sites for hydroxylation is 1. The van der Waals surface area contributed by atoms with Gasteiger partial charge in [-0.05, 0) is 25.1 Å². The number of nitrogens with zero attached hydrogens (tertiary/aromatic N) is 1. The lowest BCUT2D eigenvalue weighted by molar-refractivity contribution is -0.0431. The number of benzene rings is 2. The molecule has 2 heterocycles. The average molecular weight is 385 g/mol. The number of ether oxygens (including phenoxy) is 2. The van der Waals surface area contributed by atoms with Gasteiger partial charge in [0.1, 0.15) is 17.0 Å². The number of hydrogen-bond acceptors (Lipinski definition) is 5. The molecule has 0 radical (unpaired) electrons. The molecule has 4 rings (SSSR count). The van der Waals surface area contributed by atoms with Crippen LogP contribution < -0.4 is 14.8 Å². The molecule has 2 aromatic carbocycles. The largest absolute Gasteiger partial charge is 0.449 e. The smallest absolute Gasteiger partial charge is 0.261 e. The second kappa shape index (κ2) is 6.32. The summed E-state index contributed by atoms with van der Waals surface area (Å²) >= 11 is 6.25. The van der Waals surface area contributed by atoms with E-state index in [-0.39, 0.29) is 5.91 Å². The van der Waals surface area contributed by atoms with Gasteiger partial charge in [0.05, 0.1) is 5.02 Å². The van der Waals surface area contributed by atoms with E-state index < -0.39 is 5.79 Å². The van der Waals surface area contributed by atoms with Crippen molar-refractivity contribution < 1.29 is 18.8 Å². The molecule has 27 heavy (non-hydrogen) atoms. The summed E-state index contributed by atoms with van der Waals surface area (Å²) in [6, 6.07) is 12.4. The highest BCUT2D eigenvalue weighted by Crippen LogP contribution is 2.41. The van der Waals surface area contributed by atoms with Crippen LogP contribution in [-0.4, -0.2) is 16.9 Å². The first-order valence-corrected chi connectivity index (χ1v) is 8.76. The first-order valence-electron chi connectivity index (χ1n) is 8.39. The van der Waals surface area contributed by atoms with Gasteiger partial charge in [0.25, 0.3) is 5.91 Å². The van der Waals surface area contributed by atoms with Gasteiger partial charge in [-0.25, -0.2) is 0 Å². The quantitative estimate of drug-likeness (QED) is 0.683. The lowest BCUT2D eigenvalue weighted by Gasteiger charge is -2.16. The number of rotatable bonds is 3. The SMILES string of the molecule is Cc1onc(-c2ccccc2Cl)c1C(=O)Nc1ccc2c(c1)OC(C)(C)O2. The predicted molar refractivity (Wildman–Crippen MR) is 101 cm³/mol. The van der Waals surface area contributed by atoms with Crippen molar-refractivity contribution >= 4 is 23.2 Å². The molecule has 1 N–H and O–H groups in total. The standard InChI is InChI=1S/C20H17ClN2O4/c1-11-17(18(23-27-11)13-6-4-5-7-14(13)21)19(24)22-12-8-9-15-16(10-12)26-20(2,3)25-15/h4-10H,1-3H3,(H,22,24). The van der Waals surface area contributed by atoms with Crippen LogP contribution in [-0.2, 0) is 0 Å². The number of fused-ring (bicyclic) bond motifs is 1. The zero-order valence-corrected chi connectivity index (χ0v) is 15.8. The molecule has 0 spiro atoms. The molecule has 0 atom stereocenters. The number of carbonyl (C=O) groups excluding carboxylic acids is 1. The van der Waals surface area contributed by atoms with Crippen LogP contribution in [0.3, 0.4) is 0 Å². The van der Waals surface area contributed by atoms with Gasteiger partial charge in [-0.3, -0.25) is 4.79 Å². The van der Waals surface area contributed by atoms with Crippen LogP contribution in [0.25, 0.3) is 11.3 Å². The summed E-state index contributed by atoms with van der Waals surface area (Å²) in [5.41, 5.74) is 1.94. The highest BCUT2D eigenvalue weighted by Gasteiger charge is 2.32. The zero-order valence-electron chi connectivity index (χ0n) is 15.0. The molecule has 3 aromatic rings. The molecular formula is C20H17ClN2O4. The summed E-state index contributed by atoms with van der Waals surface area (Å²) in [5, 5.41) is 7.37. The Hall–Kier alpha value is -2.99. The van der Waals surface area contributed by atoms with Gasteiger partial charge < -0.3 is 19.3 Å². The van der Waals surface area contributed by atoms with Gasteiger partial charge in [-0.2, -0.15) is 0 Å². The molecular weight excluding hydrogens is 368 g/mol. The molecule has 0 unspecified atom stereocenters. The third-order valence-corrected chi connectivity index (χ3v) is 4.46. The second-order valence-corrected chi connectivity index (χ2v) is 7.07. The van der Waals surface area contributed by atoms with E-state index in [4.69, 9.17) is 25.6 Å². The van der Waals surface area contributed by atoms with Crippen molar-refractivity contribution in [3.8, 4) is 22.8 Å². The average Bonchev–Trinajstić information content (AvgIpc) is 3.13. The van der Waals surface area contributed by atoms with Crippen LogP contribution in [0, 0.1) is 6.92 Å². The third-order valence-electron chi connectivity index (χ3n) is 4.13. The van der Waals surface area contributed by atoms with E-state index in [1.54, 1.807) is 37.3 Å². The van der Waals surface area contributed by atoms with Gasteiger partial charge in [0.15, 0.2) is 11.5 Å². The van der Waals surface area contributed by atoms with Crippen LogP contribution in [0.15, 0.2) is 47.0 Å². The lowest BCUT2D eigenvalue weighted by atomic mass is 10.1. The Balaban J connectivity index is 1.64. The number of carbonyl (C=O) groups is 1. The monoisotopic (exact) mass is 384 g/mol. The van der Waals surface area contributed by atoms with Crippen LogP contribution in [0.2, 0.25) is 5.02 Å². The van der Waals surface area contributed by atoms with Crippen molar-refractivity contribution in [1.82, 2.24) is 5.16 Å². The van der Waals surface area contributed by atoms with Crippen LogP contribution in [0.5, 0.6) is 11.5 Å². The Morgan fingerprint density at radius 2 is 1.85 bits per heavy atom. The number of hydrogen-bond donors (Lipinski definition) is 1. The minimum absolute atomic E-state index is 0.334. The summed E-state index contributed by atoms with van der Waals surface area (Å²) < 4.78 is 16.6. The van der Waals surface area contributed by atoms with Crippen molar-refractivity contribution in [2.45, 2.75) is 26.6 Å². The zero-order chi connectivity index (χ0) is 19.2. The van der Waals surface area contributed by atoms with E-state index in [0.717, 1.165) is 0 Å². The Labute approximate surface area is 161 Å². The Morgan fingerprint density at radius 1 is 1.11 bits per heavy atom. The number of amides is 1. The molecule has 0 aliphatic carbocycles. The minimum Gasteiger partial charge on any atom is -0.449 e. The number of anilines is 1. The summed E-state index contributed by atoms with van der Waals surface area (Å²) in [5.74, 6) is 0.543. The summed E-state index contributed by atoms with van der Waals surface area (Å²) in [6.45, 7) is 5.33. The van der Waals surface area contributed by atoms with E-state index in [2.05, 4.69) is 10.5 Å². The lowest BCUT2D eigenvalue weighted by Crippen LogP contribution is -2.29. The Morgan fingerprint density at radius 3 is 2.63 bits per heavy atom. The van der Waals surface area contributed by atoms with E-state index in [0.29, 0.717) is 44.8 Å². The van der Waals surface area contributed by atoms with E-state index in [1.165, 1.54) is 0 Å². The minimum atomic E-state index is -0.729. The molecule has 1 aromatic heterocycles.